The van der Waals surface area contributed by atoms with Gasteiger partial charge in [0, 0.05) is 30.3 Å². The monoisotopic (exact) mass is 257 g/mol. The van der Waals surface area contributed by atoms with Gasteiger partial charge in [-0.2, -0.15) is 11.8 Å². The second-order valence-corrected chi connectivity index (χ2v) is 6.16. The molecule has 1 aliphatic heterocycles. The van der Waals surface area contributed by atoms with E-state index in [0.29, 0.717) is 6.54 Å². The number of nitrogens with two attached hydrogens (primary N) is 1. The lowest BCUT2D eigenvalue weighted by Gasteiger charge is -2.18. The van der Waals surface area contributed by atoms with Gasteiger partial charge in [-0.3, -0.25) is 0 Å². The third-order valence-electron chi connectivity index (χ3n) is 2.78. The normalized spacial score (nSPS) is 17.5. The molecule has 2 N–H and O–H groups in total. The summed E-state index contributed by atoms with van der Waals surface area (Å²) in [5, 5.41) is 1.18. The van der Waals surface area contributed by atoms with Gasteiger partial charge in [0.05, 0.1) is 5.69 Å². The Morgan fingerprint density at radius 2 is 2.25 bits per heavy atom. The Kier molecular flexibility index (Phi) is 4.49. The highest BCUT2D eigenvalue weighted by molar-refractivity contribution is 7.99. The van der Waals surface area contributed by atoms with Crippen LogP contribution in [0.3, 0.4) is 0 Å². The minimum absolute atomic E-state index is 0.628. The van der Waals surface area contributed by atoms with Crippen LogP contribution in [-0.2, 0) is 13.0 Å². The molecule has 0 atom stereocenters. The van der Waals surface area contributed by atoms with Gasteiger partial charge in [-0.05, 0) is 18.6 Å². The molecule has 0 bridgehead atoms. The van der Waals surface area contributed by atoms with Gasteiger partial charge in [-0.25, -0.2) is 4.98 Å². The van der Waals surface area contributed by atoms with E-state index >= 15 is 0 Å². The molecule has 0 spiro atoms. The molecular weight excluding hydrogens is 238 g/mol. The van der Waals surface area contributed by atoms with Crippen molar-refractivity contribution in [3.8, 4) is 0 Å². The van der Waals surface area contributed by atoms with Crippen LogP contribution in [0.5, 0.6) is 0 Å². The first kappa shape index (κ1) is 12.2. The van der Waals surface area contributed by atoms with Crippen molar-refractivity contribution in [2.75, 3.05) is 29.5 Å². The molecule has 5 heteroatoms. The Morgan fingerprint density at radius 3 is 2.94 bits per heavy atom. The highest BCUT2D eigenvalue weighted by Gasteiger charge is 2.16. The van der Waals surface area contributed by atoms with Crippen molar-refractivity contribution >= 4 is 28.2 Å². The van der Waals surface area contributed by atoms with Crippen LogP contribution < -0.4 is 10.6 Å². The van der Waals surface area contributed by atoms with Crippen molar-refractivity contribution in [1.29, 1.82) is 0 Å². The summed E-state index contributed by atoms with van der Waals surface area (Å²) in [7, 11) is 0. The first-order chi connectivity index (χ1) is 7.85. The molecule has 1 aliphatic rings. The Morgan fingerprint density at radius 1 is 1.38 bits per heavy atom. The van der Waals surface area contributed by atoms with E-state index in [1.165, 1.54) is 33.6 Å². The summed E-state index contributed by atoms with van der Waals surface area (Å²) >= 11 is 3.83. The lowest BCUT2D eigenvalue weighted by atomic mass is 10.3. The van der Waals surface area contributed by atoms with Gasteiger partial charge in [-0.1, -0.05) is 6.92 Å². The summed E-state index contributed by atoms with van der Waals surface area (Å²) < 4.78 is 0. The molecule has 0 saturated carbocycles. The fourth-order valence-corrected chi connectivity index (χ4v) is 3.84. The number of aromatic nitrogens is 1. The average molecular weight is 257 g/mol. The maximum absolute atomic E-state index is 5.75. The zero-order valence-corrected chi connectivity index (χ0v) is 11.4. The first-order valence-corrected chi connectivity index (χ1v) is 7.83. The first-order valence-electron chi connectivity index (χ1n) is 5.86. The van der Waals surface area contributed by atoms with Gasteiger partial charge in [0.1, 0.15) is 0 Å². The second kappa shape index (κ2) is 5.89. The molecule has 1 aromatic rings. The molecule has 1 saturated heterocycles. The lowest BCUT2D eigenvalue weighted by molar-refractivity contribution is 0.808. The van der Waals surface area contributed by atoms with Gasteiger partial charge in [0.15, 0.2) is 5.13 Å². The zero-order valence-electron chi connectivity index (χ0n) is 9.74. The van der Waals surface area contributed by atoms with Crippen molar-refractivity contribution in [2.24, 2.45) is 5.73 Å². The van der Waals surface area contributed by atoms with E-state index in [9.17, 15) is 0 Å². The van der Waals surface area contributed by atoms with Crippen molar-refractivity contribution in [1.82, 2.24) is 4.98 Å². The van der Waals surface area contributed by atoms with E-state index < -0.39 is 0 Å². The Bertz CT molecular complexity index is 308. The van der Waals surface area contributed by atoms with E-state index in [2.05, 4.69) is 11.8 Å². The van der Waals surface area contributed by atoms with E-state index in [1.807, 2.05) is 11.8 Å². The number of hydrogen-bond donors (Lipinski definition) is 1. The van der Waals surface area contributed by atoms with Crippen LogP contribution in [0.2, 0.25) is 0 Å². The Labute approximate surface area is 105 Å². The van der Waals surface area contributed by atoms with Gasteiger partial charge in [0.2, 0.25) is 0 Å². The number of aryl methyl sites for hydroxylation is 1. The molecule has 3 nitrogen and oxygen atoms in total. The van der Waals surface area contributed by atoms with Gasteiger partial charge in [0.25, 0.3) is 0 Å². The summed E-state index contributed by atoms with van der Waals surface area (Å²) in [5.74, 6) is 2.51. The molecule has 2 heterocycles. The summed E-state index contributed by atoms with van der Waals surface area (Å²) in [6, 6.07) is 0. The molecule has 90 valence electrons. The second-order valence-electron chi connectivity index (χ2n) is 3.88. The fourth-order valence-electron chi connectivity index (χ4n) is 1.88. The van der Waals surface area contributed by atoms with Crippen LogP contribution in [0.25, 0.3) is 0 Å². The molecule has 0 radical (unpaired) electrons. The van der Waals surface area contributed by atoms with Crippen LogP contribution in [0, 0.1) is 0 Å². The highest BCUT2D eigenvalue weighted by atomic mass is 32.2. The van der Waals surface area contributed by atoms with Crippen molar-refractivity contribution in [3.63, 3.8) is 0 Å². The van der Waals surface area contributed by atoms with E-state index in [1.54, 1.807) is 11.3 Å². The average Bonchev–Trinajstić information content (AvgIpc) is 2.54. The SMILES string of the molecule is CCc1nc(N2CCCSCC2)sc1CN. The number of thioether (sulfide) groups is 1. The highest BCUT2D eigenvalue weighted by Crippen LogP contribution is 2.28. The number of thiazole rings is 1. The van der Waals surface area contributed by atoms with Crippen molar-refractivity contribution in [3.05, 3.63) is 10.6 Å². The minimum atomic E-state index is 0.628. The van der Waals surface area contributed by atoms with Crippen LogP contribution in [-0.4, -0.2) is 29.6 Å². The predicted molar refractivity (Wildman–Crippen MR) is 73.5 cm³/mol. The van der Waals surface area contributed by atoms with Gasteiger partial charge in [-0.15, -0.1) is 11.3 Å². The predicted octanol–water partition coefficient (Wildman–Crippen LogP) is 2.11. The summed E-state index contributed by atoms with van der Waals surface area (Å²) in [5.41, 5.74) is 6.94. The molecule has 16 heavy (non-hydrogen) atoms. The number of rotatable bonds is 3. The van der Waals surface area contributed by atoms with E-state index in [-0.39, 0.29) is 0 Å². The van der Waals surface area contributed by atoms with E-state index in [4.69, 9.17) is 10.7 Å². The summed E-state index contributed by atoms with van der Waals surface area (Å²) in [6.45, 7) is 5.05. The Balaban J connectivity index is 2.15. The molecule has 0 aliphatic carbocycles. The molecule has 1 fully saturated rings. The zero-order chi connectivity index (χ0) is 11.4. The molecular formula is C11H19N3S2. The quantitative estimate of drug-likeness (QED) is 0.900. The van der Waals surface area contributed by atoms with E-state index in [0.717, 1.165) is 19.5 Å². The molecule has 0 unspecified atom stereocenters. The molecule has 0 aromatic carbocycles. The third kappa shape index (κ3) is 2.70. The fraction of sp³-hybridized carbons (Fsp3) is 0.727. The number of anilines is 1. The maximum Gasteiger partial charge on any atom is 0.185 e. The Hall–Kier alpha value is -0.260. The van der Waals surface area contributed by atoms with Crippen LogP contribution >= 0.6 is 23.1 Å². The molecule has 1 aromatic heterocycles. The van der Waals surface area contributed by atoms with Crippen LogP contribution in [0.1, 0.15) is 23.9 Å². The summed E-state index contributed by atoms with van der Waals surface area (Å²) in [4.78, 5) is 8.40. The maximum atomic E-state index is 5.75. The molecule has 0 amide bonds. The smallest absolute Gasteiger partial charge is 0.185 e. The topological polar surface area (TPSA) is 42.2 Å². The van der Waals surface area contributed by atoms with Crippen LogP contribution in [0.4, 0.5) is 5.13 Å². The molecule has 2 rings (SSSR count). The van der Waals surface area contributed by atoms with Gasteiger partial charge >= 0.3 is 0 Å². The number of hydrogen-bond acceptors (Lipinski definition) is 5. The third-order valence-corrected chi connectivity index (χ3v) is 5.01. The van der Waals surface area contributed by atoms with Crippen LogP contribution in [0.15, 0.2) is 0 Å². The van der Waals surface area contributed by atoms with Gasteiger partial charge < -0.3 is 10.6 Å². The standard InChI is InChI=1S/C11H19N3S2/c1-2-9-10(8-12)16-11(13-9)14-4-3-6-15-7-5-14/h2-8,12H2,1H3. The minimum Gasteiger partial charge on any atom is -0.347 e. The van der Waals surface area contributed by atoms with Crippen molar-refractivity contribution < 1.29 is 0 Å². The number of nitrogens with zero attached hydrogens (tertiary/aromatic N) is 2. The largest absolute Gasteiger partial charge is 0.347 e. The summed E-state index contributed by atoms with van der Waals surface area (Å²) in [6.07, 6.45) is 2.26. The lowest BCUT2D eigenvalue weighted by Crippen LogP contribution is -2.25. The van der Waals surface area contributed by atoms with Crippen molar-refractivity contribution in [2.45, 2.75) is 26.3 Å².